The van der Waals surface area contributed by atoms with Crippen LogP contribution in [0.5, 0.6) is 0 Å². The van der Waals surface area contributed by atoms with Gasteiger partial charge in [0, 0.05) is 11.6 Å². The van der Waals surface area contributed by atoms with Gasteiger partial charge in [-0.05, 0) is 17.7 Å². The van der Waals surface area contributed by atoms with Crippen LogP contribution in [0.3, 0.4) is 0 Å². The Morgan fingerprint density at radius 3 is 2.38 bits per heavy atom. The fourth-order valence-electron chi connectivity index (χ4n) is 2.82. The summed E-state index contributed by atoms with van der Waals surface area (Å²) in [4.78, 5) is 23.6. The maximum absolute atomic E-state index is 12.3. The Morgan fingerprint density at radius 2 is 1.76 bits per heavy atom. The molecule has 6 heteroatoms. The highest BCUT2D eigenvalue weighted by Gasteiger charge is 2.53. The van der Waals surface area contributed by atoms with E-state index in [1.165, 1.54) is 0 Å². The van der Waals surface area contributed by atoms with E-state index in [2.05, 4.69) is 5.32 Å². The molecule has 2 aliphatic heterocycles. The van der Waals surface area contributed by atoms with Crippen LogP contribution in [0.2, 0.25) is 5.02 Å². The second-order valence-electron chi connectivity index (χ2n) is 5.18. The molecule has 2 aliphatic rings. The first-order valence-electron chi connectivity index (χ1n) is 6.65. The van der Waals surface area contributed by atoms with Crippen LogP contribution in [-0.4, -0.2) is 29.2 Å². The Bertz CT molecular complexity index is 598. The van der Waals surface area contributed by atoms with Gasteiger partial charge in [-0.25, -0.2) is 0 Å². The molecule has 21 heavy (non-hydrogen) atoms. The molecule has 0 unspecified atom stereocenters. The van der Waals surface area contributed by atoms with Crippen molar-refractivity contribution < 1.29 is 19.4 Å². The van der Waals surface area contributed by atoms with E-state index in [1.54, 1.807) is 24.3 Å². The normalized spacial score (nSPS) is 29.6. The van der Waals surface area contributed by atoms with Crippen molar-refractivity contribution in [2.75, 3.05) is 0 Å². The molecular formula is C15H14ClNO4. The highest BCUT2D eigenvalue weighted by molar-refractivity contribution is 6.30. The fraction of sp³-hybridized carbons (Fsp3) is 0.333. The summed E-state index contributed by atoms with van der Waals surface area (Å²) in [6.45, 7) is 0.333. The zero-order valence-corrected chi connectivity index (χ0v) is 11.8. The van der Waals surface area contributed by atoms with Crippen molar-refractivity contribution in [3.05, 3.63) is 47.0 Å². The molecule has 110 valence electrons. The minimum Gasteiger partial charge on any atom is -0.481 e. The zero-order chi connectivity index (χ0) is 15.0. The lowest BCUT2D eigenvalue weighted by atomic mass is 9.82. The Labute approximate surface area is 126 Å². The van der Waals surface area contributed by atoms with E-state index in [-0.39, 0.29) is 5.91 Å². The molecule has 1 amide bonds. The number of carbonyl (C=O) groups excluding carboxylic acids is 1. The summed E-state index contributed by atoms with van der Waals surface area (Å²) in [7, 11) is 0. The molecule has 1 aromatic carbocycles. The SMILES string of the molecule is O=C(NCc1ccc(Cl)cc1)[C@@H]1[C@@H](C(=O)O)[C@H]2C=C[C@@H]1O2. The molecule has 4 atom stereocenters. The third-order valence-electron chi connectivity index (χ3n) is 3.87. The first kappa shape index (κ1) is 14.1. The van der Waals surface area contributed by atoms with Crippen LogP contribution >= 0.6 is 11.6 Å². The second kappa shape index (κ2) is 5.50. The highest BCUT2D eigenvalue weighted by atomic mass is 35.5. The average Bonchev–Trinajstić information content (AvgIpc) is 3.06. The maximum Gasteiger partial charge on any atom is 0.310 e. The molecular weight excluding hydrogens is 294 g/mol. The van der Waals surface area contributed by atoms with Gasteiger partial charge in [-0.3, -0.25) is 9.59 Å². The number of carbonyl (C=O) groups is 2. The predicted molar refractivity (Wildman–Crippen MR) is 75.7 cm³/mol. The number of aliphatic carboxylic acids is 1. The van der Waals surface area contributed by atoms with Crippen LogP contribution in [-0.2, 0) is 20.9 Å². The molecule has 1 aromatic rings. The summed E-state index contributed by atoms with van der Waals surface area (Å²) in [6.07, 6.45) is 2.53. The predicted octanol–water partition coefficient (Wildman–Crippen LogP) is 1.61. The standard InChI is InChI=1S/C15H14ClNO4/c16-9-3-1-8(2-4-9)7-17-14(18)12-10-5-6-11(21-10)13(12)15(19)20/h1-6,10-13H,7H2,(H,17,18)(H,19,20)/t10-,11+,12-,13-/m0/s1. The molecule has 1 fully saturated rings. The van der Waals surface area contributed by atoms with Gasteiger partial charge >= 0.3 is 5.97 Å². The van der Waals surface area contributed by atoms with Crippen molar-refractivity contribution in [3.8, 4) is 0 Å². The van der Waals surface area contributed by atoms with Gasteiger partial charge in [0.1, 0.15) is 5.92 Å². The van der Waals surface area contributed by atoms with E-state index in [4.69, 9.17) is 16.3 Å². The number of rotatable bonds is 4. The summed E-state index contributed by atoms with van der Waals surface area (Å²) < 4.78 is 5.48. The molecule has 1 saturated heterocycles. The largest absolute Gasteiger partial charge is 0.481 e. The lowest BCUT2D eigenvalue weighted by Gasteiger charge is -2.21. The summed E-state index contributed by atoms with van der Waals surface area (Å²) in [6, 6.07) is 7.11. The average molecular weight is 308 g/mol. The van der Waals surface area contributed by atoms with Gasteiger partial charge in [-0.1, -0.05) is 35.9 Å². The van der Waals surface area contributed by atoms with Gasteiger partial charge in [0.25, 0.3) is 0 Å². The number of hydrogen-bond donors (Lipinski definition) is 2. The van der Waals surface area contributed by atoms with E-state index in [9.17, 15) is 14.7 Å². The lowest BCUT2D eigenvalue weighted by Crippen LogP contribution is -2.42. The van der Waals surface area contributed by atoms with Gasteiger partial charge in [-0.15, -0.1) is 0 Å². The summed E-state index contributed by atoms with van der Waals surface area (Å²) in [5, 5.41) is 12.7. The van der Waals surface area contributed by atoms with Crippen LogP contribution in [0.4, 0.5) is 0 Å². The van der Waals surface area contributed by atoms with Crippen LogP contribution in [0, 0.1) is 11.8 Å². The Balaban J connectivity index is 1.66. The van der Waals surface area contributed by atoms with E-state index in [1.807, 2.05) is 12.1 Å². The number of halogens is 1. The van der Waals surface area contributed by atoms with Crippen LogP contribution in [0.1, 0.15) is 5.56 Å². The van der Waals surface area contributed by atoms with Gasteiger partial charge in [0.2, 0.25) is 5.91 Å². The van der Waals surface area contributed by atoms with Gasteiger partial charge in [0.15, 0.2) is 0 Å². The van der Waals surface area contributed by atoms with Crippen molar-refractivity contribution in [3.63, 3.8) is 0 Å². The van der Waals surface area contributed by atoms with Gasteiger partial charge < -0.3 is 15.2 Å². The molecule has 2 N–H and O–H groups in total. The van der Waals surface area contributed by atoms with Crippen LogP contribution in [0.15, 0.2) is 36.4 Å². The van der Waals surface area contributed by atoms with Crippen molar-refractivity contribution in [2.45, 2.75) is 18.8 Å². The molecule has 0 aromatic heterocycles. The van der Waals surface area contributed by atoms with Crippen LogP contribution in [0.25, 0.3) is 0 Å². The number of carboxylic acids is 1. The zero-order valence-electron chi connectivity index (χ0n) is 11.0. The minimum atomic E-state index is -1.00. The first-order valence-corrected chi connectivity index (χ1v) is 7.03. The monoisotopic (exact) mass is 307 g/mol. The smallest absolute Gasteiger partial charge is 0.310 e. The number of benzene rings is 1. The highest BCUT2D eigenvalue weighted by Crippen LogP contribution is 2.39. The Kier molecular flexibility index (Phi) is 3.69. The number of hydrogen-bond acceptors (Lipinski definition) is 3. The third-order valence-corrected chi connectivity index (χ3v) is 4.12. The number of carboxylic acid groups (broad SMARTS) is 1. The number of nitrogens with one attached hydrogen (secondary N) is 1. The van der Waals surface area contributed by atoms with Gasteiger partial charge in [-0.2, -0.15) is 0 Å². The fourth-order valence-corrected chi connectivity index (χ4v) is 2.95. The molecule has 3 rings (SSSR count). The molecule has 0 spiro atoms. The topological polar surface area (TPSA) is 75.6 Å². The summed E-state index contributed by atoms with van der Waals surface area (Å²) in [5.41, 5.74) is 0.902. The molecule has 0 aliphatic carbocycles. The van der Waals surface area contributed by atoms with E-state index < -0.39 is 30.0 Å². The van der Waals surface area contributed by atoms with E-state index in [0.717, 1.165) is 5.56 Å². The van der Waals surface area contributed by atoms with E-state index >= 15 is 0 Å². The summed E-state index contributed by atoms with van der Waals surface area (Å²) in [5.74, 6) is -2.79. The maximum atomic E-state index is 12.3. The summed E-state index contributed by atoms with van der Waals surface area (Å²) >= 11 is 5.80. The number of fused-ring (bicyclic) bond motifs is 2. The van der Waals surface area contributed by atoms with Crippen molar-refractivity contribution >= 4 is 23.5 Å². The molecule has 0 radical (unpaired) electrons. The number of amides is 1. The second-order valence-corrected chi connectivity index (χ2v) is 5.62. The van der Waals surface area contributed by atoms with Crippen molar-refractivity contribution in [2.24, 2.45) is 11.8 Å². The van der Waals surface area contributed by atoms with Crippen molar-refractivity contribution in [1.82, 2.24) is 5.32 Å². The first-order chi connectivity index (χ1) is 10.1. The minimum absolute atomic E-state index is 0.297. The Morgan fingerprint density at radius 1 is 1.14 bits per heavy atom. The Hall–Kier alpha value is -1.85. The van der Waals surface area contributed by atoms with Crippen LogP contribution < -0.4 is 5.32 Å². The molecule has 2 bridgehead atoms. The molecule has 2 heterocycles. The van der Waals surface area contributed by atoms with Gasteiger partial charge in [0.05, 0.1) is 18.1 Å². The van der Waals surface area contributed by atoms with E-state index in [0.29, 0.717) is 11.6 Å². The lowest BCUT2D eigenvalue weighted by molar-refractivity contribution is -0.146. The van der Waals surface area contributed by atoms with Crippen molar-refractivity contribution in [1.29, 1.82) is 0 Å². The number of ether oxygens (including phenoxy) is 1. The third kappa shape index (κ3) is 2.66. The molecule has 5 nitrogen and oxygen atoms in total. The molecule has 0 saturated carbocycles. The quantitative estimate of drug-likeness (QED) is 0.829.